The Bertz CT molecular complexity index is 610. The lowest BCUT2D eigenvalue weighted by Gasteiger charge is -2.21. The molecule has 0 spiro atoms. The van der Waals surface area contributed by atoms with Crippen molar-refractivity contribution in [3.8, 4) is 0 Å². The number of aliphatic carboxylic acids is 1. The summed E-state index contributed by atoms with van der Waals surface area (Å²) < 4.78 is 5.52. The molecule has 3 rings (SSSR count). The van der Waals surface area contributed by atoms with Crippen molar-refractivity contribution in [3.63, 3.8) is 0 Å². The second-order valence-electron chi connectivity index (χ2n) is 5.34. The van der Waals surface area contributed by atoms with Crippen molar-refractivity contribution < 1.29 is 19.4 Å². The minimum Gasteiger partial charge on any atom is -0.481 e. The lowest BCUT2D eigenvalue weighted by atomic mass is 9.82. The van der Waals surface area contributed by atoms with Crippen molar-refractivity contribution in [1.82, 2.24) is 0 Å². The van der Waals surface area contributed by atoms with Gasteiger partial charge in [-0.15, -0.1) is 0 Å². The third-order valence-corrected chi connectivity index (χ3v) is 4.14. The summed E-state index contributed by atoms with van der Waals surface area (Å²) in [4.78, 5) is 23.9. The van der Waals surface area contributed by atoms with E-state index in [-0.39, 0.29) is 5.91 Å². The molecule has 2 bridgehead atoms. The molecule has 1 saturated heterocycles. The molecule has 2 heterocycles. The molecule has 0 aliphatic carbocycles. The van der Waals surface area contributed by atoms with Crippen molar-refractivity contribution in [2.75, 3.05) is 5.32 Å². The second-order valence-corrected chi connectivity index (χ2v) is 5.34. The van der Waals surface area contributed by atoms with Gasteiger partial charge in [0.15, 0.2) is 0 Å². The molecule has 2 aliphatic rings. The largest absolute Gasteiger partial charge is 0.481 e. The van der Waals surface area contributed by atoms with Gasteiger partial charge in [-0.2, -0.15) is 0 Å². The highest BCUT2D eigenvalue weighted by Crippen LogP contribution is 2.40. The van der Waals surface area contributed by atoms with E-state index in [1.54, 1.807) is 12.2 Å². The van der Waals surface area contributed by atoms with E-state index in [0.717, 1.165) is 17.7 Å². The van der Waals surface area contributed by atoms with E-state index in [9.17, 15) is 14.7 Å². The van der Waals surface area contributed by atoms with Gasteiger partial charge in [-0.3, -0.25) is 9.59 Å². The standard InChI is InChI=1S/C16H17NO4/c1-2-9-5-3-4-6-10(9)17-15(18)13-11-7-8-12(21-11)14(13)16(19)20/h3-8,11-14H,2H2,1H3,(H,17,18)(H,19,20)/t11-,12-,13-,14-/m0/s1. The molecule has 21 heavy (non-hydrogen) atoms. The van der Waals surface area contributed by atoms with Gasteiger partial charge in [0.05, 0.1) is 18.1 Å². The highest BCUT2D eigenvalue weighted by atomic mass is 16.5. The maximum absolute atomic E-state index is 12.5. The van der Waals surface area contributed by atoms with Gasteiger partial charge in [0, 0.05) is 5.69 Å². The van der Waals surface area contributed by atoms with Crippen LogP contribution in [0.1, 0.15) is 12.5 Å². The molecule has 5 nitrogen and oxygen atoms in total. The first-order valence-electron chi connectivity index (χ1n) is 7.07. The van der Waals surface area contributed by atoms with Gasteiger partial charge in [-0.05, 0) is 18.1 Å². The van der Waals surface area contributed by atoms with Gasteiger partial charge in [0.1, 0.15) is 5.92 Å². The molecule has 2 aliphatic heterocycles. The van der Waals surface area contributed by atoms with Crippen LogP contribution in [0.25, 0.3) is 0 Å². The molecule has 110 valence electrons. The molecule has 5 heteroatoms. The Morgan fingerprint density at radius 1 is 1.19 bits per heavy atom. The van der Waals surface area contributed by atoms with E-state index in [1.807, 2.05) is 31.2 Å². The SMILES string of the molecule is CCc1ccccc1NC(=O)[C@@H]1[C@@H](C(=O)O)[C@@H]2C=C[C@@H]1O2. The highest BCUT2D eigenvalue weighted by molar-refractivity contribution is 5.97. The topological polar surface area (TPSA) is 75.6 Å². The number of amides is 1. The van der Waals surface area contributed by atoms with E-state index >= 15 is 0 Å². The van der Waals surface area contributed by atoms with Gasteiger partial charge in [-0.25, -0.2) is 0 Å². The molecule has 0 saturated carbocycles. The first-order chi connectivity index (χ1) is 10.1. The number of benzene rings is 1. The smallest absolute Gasteiger partial charge is 0.310 e. The third kappa shape index (κ3) is 2.34. The van der Waals surface area contributed by atoms with E-state index in [2.05, 4.69) is 5.32 Å². The predicted molar refractivity (Wildman–Crippen MR) is 76.9 cm³/mol. The molecule has 1 aromatic carbocycles. The van der Waals surface area contributed by atoms with E-state index in [4.69, 9.17) is 4.74 Å². The quantitative estimate of drug-likeness (QED) is 0.829. The van der Waals surface area contributed by atoms with E-state index < -0.39 is 30.0 Å². The fourth-order valence-corrected chi connectivity index (χ4v) is 3.08. The van der Waals surface area contributed by atoms with Gasteiger partial charge in [0.2, 0.25) is 5.91 Å². The average molecular weight is 287 g/mol. The number of rotatable bonds is 4. The summed E-state index contributed by atoms with van der Waals surface area (Å²) in [5.41, 5.74) is 1.76. The van der Waals surface area contributed by atoms with Crippen LogP contribution in [0.4, 0.5) is 5.69 Å². The van der Waals surface area contributed by atoms with Crippen molar-refractivity contribution in [2.45, 2.75) is 25.6 Å². The van der Waals surface area contributed by atoms with Crippen LogP contribution in [-0.4, -0.2) is 29.2 Å². The van der Waals surface area contributed by atoms with Crippen molar-refractivity contribution in [2.24, 2.45) is 11.8 Å². The first kappa shape index (κ1) is 13.8. The minimum atomic E-state index is -0.990. The first-order valence-corrected chi connectivity index (χ1v) is 7.07. The normalized spacial score (nSPS) is 29.6. The molecule has 4 atom stereocenters. The number of carboxylic acids is 1. The summed E-state index contributed by atoms with van der Waals surface area (Å²) in [6, 6.07) is 7.54. The van der Waals surface area contributed by atoms with E-state index in [0.29, 0.717) is 0 Å². The summed E-state index contributed by atoms with van der Waals surface area (Å²) in [6.45, 7) is 2.01. The zero-order valence-electron chi connectivity index (χ0n) is 11.7. The number of hydrogen-bond donors (Lipinski definition) is 2. The summed E-state index contributed by atoms with van der Waals surface area (Å²) in [6.07, 6.45) is 3.37. The molecule has 1 fully saturated rings. The molecular formula is C16H17NO4. The van der Waals surface area contributed by atoms with Crippen LogP contribution >= 0.6 is 0 Å². The fourth-order valence-electron chi connectivity index (χ4n) is 3.08. The van der Waals surface area contributed by atoms with Crippen LogP contribution in [0.5, 0.6) is 0 Å². The number of aryl methyl sites for hydroxylation is 1. The Balaban J connectivity index is 1.82. The van der Waals surface area contributed by atoms with Crippen LogP contribution in [0.15, 0.2) is 36.4 Å². The van der Waals surface area contributed by atoms with Gasteiger partial charge in [0.25, 0.3) is 0 Å². The Kier molecular flexibility index (Phi) is 3.51. The van der Waals surface area contributed by atoms with Crippen LogP contribution in [0.3, 0.4) is 0 Å². The molecule has 2 N–H and O–H groups in total. The summed E-state index contributed by atoms with van der Waals surface area (Å²) in [5, 5.41) is 12.2. The van der Waals surface area contributed by atoms with Crippen molar-refractivity contribution in [3.05, 3.63) is 42.0 Å². The lowest BCUT2D eigenvalue weighted by Crippen LogP contribution is -2.39. The summed E-state index contributed by atoms with van der Waals surface area (Å²) >= 11 is 0. The number of carboxylic acid groups (broad SMARTS) is 1. The van der Waals surface area contributed by atoms with Crippen molar-refractivity contribution in [1.29, 1.82) is 0 Å². The number of fused-ring (bicyclic) bond motifs is 2. The third-order valence-electron chi connectivity index (χ3n) is 4.14. The zero-order chi connectivity index (χ0) is 15.0. The van der Waals surface area contributed by atoms with Crippen LogP contribution < -0.4 is 5.32 Å². The number of nitrogens with one attached hydrogen (secondary N) is 1. The number of hydrogen-bond acceptors (Lipinski definition) is 3. The number of ether oxygens (including phenoxy) is 1. The van der Waals surface area contributed by atoms with Crippen LogP contribution in [0.2, 0.25) is 0 Å². The molecular weight excluding hydrogens is 270 g/mol. The lowest BCUT2D eigenvalue weighted by molar-refractivity contribution is -0.145. The molecule has 0 aromatic heterocycles. The van der Waals surface area contributed by atoms with Gasteiger partial charge in [-0.1, -0.05) is 37.3 Å². The van der Waals surface area contributed by atoms with Crippen LogP contribution in [0, 0.1) is 11.8 Å². The molecule has 0 unspecified atom stereocenters. The number of carbonyl (C=O) groups is 2. The summed E-state index contributed by atoms with van der Waals surface area (Å²) in [5.74, 6) is -2.77. The molecule has 1 amide bonds. The van der Waals surface area contributed by atoms with Crippen LogP contribution in [-0.2, 0) is 20.7 Å². The predicted octanol–water partition coefficient (Wildman–Crippen LogP) is 1.84. The van der Waals surface area contributed by atoms with Gasteiger partial charge < -0.3 is 15.2 Å². The Morgan fingerprint density at radius 3 is 2.52 bits per heavy atom. The number of anilines is 1. The molecule has 1 aromatic rings. The van der Waals surface area contributed by atoms with Crippen molar-refractivity contribution >= 4 is 17.6 Å². The number of para-hydroxylation sites is 1. The second kappa shape index (κ2) is 5.33. The maximum atomic E-state index is 12.5. The maximum Gasteiger partial charge on any atom is 0.310 e. The molecule has 0 radical (unpaired) electrons. The van der Waals surface area contributed by atoms with Gasteiger partial charge >= 0.3 is 5.97 Å². The summed E-state index contributed by atoms with van der Waals surface area (Å²) in [7, 11) is 0. The minimum absolute atomic E-state index is 0.292. The monoisotopic (exact) mass is 287 g/mol. The Morgan fingerprint density at radius 2 is 1.86 bits per heavy atom. The number of carbonyl (C=O) groups excluding carboxylic acids is 1. The highest BCUT2D eigenvalue weighted by Gasteiger charge is 2.53. The Hall–Kier alpha value is -2.14. The zero-order valence-corrected chi connectivity index (χ0v) is 11.7. The Labute approximate surface area is 122 Å². The fraction of sp³-hybridized carbons (Fsp3) is 0.375. The average Bonchev–Trinajstić information content (AvgIpc) is 3.08. The van der Waals surface area contributed by atoms with E-state index in [1.165, 1.54) is 0 Å².